The summed E-state index contributed by atoms with van der Waals surface area (Å²) in [6.07, 6.45) is 2.38. The second-order valence-electron chi connectivity index (χ2n) is 7.54. The molecule has 24 heavy (non-hydrogen) atoms. The molecule has 1 aromatic carbocycles. The SMILES string of the molecule is Cc1cc2cc(C(=O)NC3C4CCN(CC4)C3(C)C)ccc2o1.Cl. The molecule has 0 saturated carbocycles. The van der Waals surface area contributed by atoms with Crippen LogP contribution in [0.2, 0.25) is 0 Å². The maximum Gasteiger partial charge on any atom is 0.251 e. The van der Waals surface area contributed by atoms with Crippen LogP contribution in [0.3, 0.4) is 0 Å². The normalized spacial score (nSPS) is 27.7. The molecule has 3 aliphatic rings. The zero-order valence-electron chi connectivity index (χ0n) is 14.5. The van der Waals surface area contributed by atoms with Gasteiger partial charge in [0.05, 0.1) is 0 Å². The number of carbonyl (C=O) groups is 1. The lowest BCUT2D eigenvalue weighted by Crippen LogP contribution is -2.69. The van der Waals surface area contributed by atoms with Crippen molar-refractivity contribution in [3.63, 3.8) is 0 Å². The van der Waals surface area contributed by atoms with Gasteiger partial charge >= 0.3 is 0 Å². The Labute approximate surface area is 149 Å². The highest BCUT2D eigenvalue weighted by Crippen LogP contribution is 2.39. The van der Waals surface area contributed by atoms with E-state index in [-0.39, 0.29) is 29.9 Å². The first-order valence-electron chi connectivity index (χ1n) is 8.51. The van der Waals surface area contributed by atoms with E-state index in [9.17, 15) is 4.79 Å². The van der Waals surface area contributed by atoms with E-state index in [1.165, 1.54) is 12.8 Å². The molecule has 1 atom stereocenters. The summed E-state index contributed by atoms with van der Waals surface area (Å²) in [4.78, 5) is 15.3. The van der Waals surface area contributed by atoms with Crippen LogP contribution in [0.1, 0.15) is 42.8 Å². The number of hydrogen-bond acceptors (Lipinski definition) is 3. The summed E-state index contributed by atoms with van der Waals surface area (Å²) in [5.41, 5.74) is 1.58. The van der Waals surface area contributed by atoms with Gasteiger partial charge in [0.25, 0.3) is 5.91 Å². The van der Waals surface area contributed by atoms with Gasteiger partial charge in [-0.3, -0.25) is 9.69 Å². The van der Waals surface area contributed by atoms with Crippen LogP contribution in [0.4, 0.5) is 0 Å². The first-order valence-corrected chi connectivity index (χ1v) is 8.51. The molecule has 0 spiro atoms. The van der Waals surface area contributed by atoms with Gasteiger partial charge in [-0.2, -0.15) is 0 Å². The van der Waals surface area contributed by atoms with Crippen LogP contribution >= 0.6 is 12.4 Å². The average molecular weight is 349 g/mol. The monoisotopic (exact) mass is 348 g/mol. The summed E-state index contributed by atoms with van der Waals surface area (Å²) in [5.74, 6) is 1.49. The molecule has 0 aliphatic carbocycles. The number of hydrogen-bond donors (Lipinski definition) is 1. The van der Waals surface area contributed by atoms with Gasteiger partial charge in [0, 0.05) is 22.5 Å². The van der Waals surface area contributed by atoms with Crippen LogP contribution in [-0.2, 0) is 0 Å². The first kappa shape index (κ1) is 17.3. The fourth-order valence-corrected chi connectivity index (χ4v) is 4.42. The van der Waals surface area contributed by atoms with Crippen molar-refractivity contribution in [2.75, 3.05) is 13.1 Å². The molecule has 3 aliphatic heterocycles. The Kier molecular flexibility index (Phi) is 4.39. The Bertz CT molecular complexity index is 760. The van der Waals surface area contributed by atoms with E-state index in [2.05, 4.69) is 24.1 Å². The Hall–Kier alpha value is -1.52. The molecule has 1 aromatic heterocycles. The van der Waals surface area contributed by atoms with Gasteiger partial charge in [-0.25, -0.2) is 0 Å². The van der Waals surface area contributed by atoms with Crippen molar-refractivity contribution in [2.45, 2.75) is 45.2 Å². The maximum absolute atomic E-state index is 12.8. The van der Waals surface area contributed by atoms with Gasteiger partial charge in [0.15, 0.2) is 0 Å². The molecule has 4 heterocycles. The number of halogens is 1. The first-order chi connectivity index (χ1) is 10.9. The maximum atomic E-state index is 12.8. The van der Waals surface area contributed by atoms with Gasteiger partial charge in [-0.15, -0.1) is 12.4 Å². The van der Waals surface area contributed by atoms with Crippen molar-refractivity contribution in [2.24, 2.45) is 5.92 Å². The van der Waals surface area contributed by atoms with Gasteiger partial charge in [0.1, 0.15) is 11.3 Å². The van der Waals surface area contributed by atoms with Crippen molar-refractivity contribution in [3.8, 4) is 0 Å². The minimum absolute atomic E-state index is 0. The van der Waals surface area contributed by atoms with Gasteiger partial charge in [0.2, 0.25) is 0 Å². The zero-order chi connectivity index (χ0) is 16.2. The number of furan rings is 1. The van der Waals surface area contributed by atoms with Crippen LogP contribution in [0.25, 0.3) is 11.0 Å². The summed E-state index contributed by atoms with van der Waals surface area (Å²) in [5, 5.41) is 4.31. The lowest BCUT2D eigenvalue weighted by atomic mass is 9.72. The number of fused-ring (bicyclic) bond motifs is 4. The van der Waals surface area contributed by atoms with Crippen LogP contribution in [-0.4, -0.2) is 35.5 Å². The third kappa shape index (κ3) is 2.72. The number of aryl methyl sites for hydroxylation is 1. The Morgan fingerprint density at radius 2 is 1.96 bits per heavy atom. The summed E-state index contributed by atoms with van der Waals surface area (Å²) in [6.45, 7) is 8.75. The lowest BCUT2D eigenvalue weighted by Gasteiger charge is -2.56. The van der Waals surface area contributed by atoms with Crippen molar-refractivity contribution < 1.29 is 9.21 Å². The Balaban J connectivity index is 0.00000169. The van der Waals surface area contributed by atoms with E-state index in [1.54, 1.807) is 0 Å². The molecule has 1 amide bonds. The summed E-state index contributed by atoms with van der Waals surface area (Å²) >= 11 is 0. The van der Waals surface area contributed by atoms with Crippen molar-refractivity contribution >= 4 is 29.3 Å². The van der Waals surface area contributed by atoms with Crippen LogP contribution in [0, 0.1) is 12.8 Å². The molecule has 5 rings (SSSR count). The van der Waals surface area contributed by atoms with Crippen LogP contribution in [0.15, 0.2) is 28.7 Å². The number of benzene rings is 1. The van der Waals surface area contributed by atoms with Gasteiger partial charge in [-0.05, 0) is 76.9 Å². The standard InChI is InChI=1S/C19H24N2O2.ClH/c1-12-10-15-11-14(4-5-16(15)23-12)18(22)20-17-13-6-8-21(9-7-13)19(17,2)3;/h4-5,10-11,13,17H,6-9H2,1-3H3,(H,20,22);1H. The number of piperidine rings is 3. The van der Waals surface area contributed by atoms with E-state index >= 15 is 0 Å². The minimum atomic E-state index is 0. The highest BCUT2D eigenvalue weighted by Gasteiger charge is 2.48. The van der Waals surface area contributed by atoms with Crippen molar-refractivity contribution in [1.29, 1.82) is 0 Å². The van der Waals surface area contributed by atoms with E-state index < -0.39 is 0 Å². The van der Waals surface area contributed by atoms with E-state index in [1.807, 2.05) is 31.2 Å². The molecular weight excluding hydrogens is 324 g/mol. The number of nitrogens with one attached hydrogen (secondary N) is 1. The number of amides is 1. The smallest absolute Gasteiger partial charge is 0.251 e. The molecule has 3 fully saturated rings. The third-order valence-electron chi connectivity index (χ3n) is 5.78. The number of rotatable bonds is 2. The lowest BCUT2D eigenvalue weighted by molar-refractivity contribution is -0.0378. The highest BCUT2D eigenvalue weighted by molar-refractivity contribution is 5.98. The van der Waals surface area contributed by atoms with Crippen molar-refractivity contribution in [1.82, 2.24) is 10.2 Å². The second-order valence-corrected chi connectivity index (χ2v) is 7.54. The summed E-state index contributed by atoms with van der Waals surface area (Å²) in [6, 6.07) is 7.87. The van der Waals surface area contributed by atoms with Crippen molar-refractivity contribution in [3.05, 3.63) is 35.6 Å². The molecule has 0 radical (unpaired) electrons. The topological polar surface area (TPSA) is 45.5 Å². The van der Waals surface area contributed by atoms with Gasteiger partial charge in [-0.1, -0.05) is 0 Å². The average Bonchev–Trinajstić information content (AvgIpc) is 2.90. The molecule has 2 bridgehead atoms. The highest BCUT2D eigenvalue weighted by atomic mass is 35.5. The van der Waals surface area contributed by atoms with Crippen LogP contribution < -0.4 is 5.32 Å². The fourth-order valence-electron chi connectivity index (χ4n) is 4.42. The predicted molar refractivity (Wildman–Crippen MR) is 97.8 cm³/mol. The molecule has 4 nitrogen and oxygen atoms in total. The van der Waals surface area contributed by atoms with E-state index in [0.29, 0.717) is 11.5 Å². The summed E-state index contributed by atoms with van der Waals surface area (Å²) in [7, 11) is 0. The largest absolute Gasteiger partial charge is 0.461 e. The van der Waals surface area contributed by atoms with E-state index in [4.69, 9.17) is 4.42 Å². The number of nitrogens with zero attached hydrogens (tertiary/aromatic N) is 1. The Morgan fingerprint density at radius 3 is 2.62 bits per heavy atom. The molecule has 130 valence electrons. The molecule has 2 aromatic rings. The molecule has 1 N–H and O–H groups in total. The van der Waals surface area contributed by atoms with Crippen LogP contribution in [0.5, 0.6) is 0 Å². The quantitative estimate of drug-likeness (QED) is 0.898. The molecule has 3 saturated heterocycles. The summed E-state index contributed by atoms with van der Waals surface area (Å²) < 4.78 is 5.59. The Morgan fingerprint density at radius 1 is 1.25 bits per heavy atom. The second kappa shape index (κ2) is 6.08. The van der Waals surface area contributed by atoms with E-state index in [0.717, 1.165) is 29.8 Å². The fraction of sp³-hybridized carbons (Fsp3) is 0.526. The minimum Gasteiger partial charge on any atom is -0.461 e. The molecule has 5 heteroatoms. The molecule has 1 unspecified atom stereocenters. The predicted octanol–water partition coefficient (Wildman–Crippen LogP) is 3.77. The third-order valence-corrected chi connectivity index (χ3v) is 5.78. The number of carbonyl (C=O) groups excluding carboxylic acids is 1. The zero-order valence-corrected chi connectivity index (χ0v) is 15.3. The van der Waals surface area contributed by atoms with Gasteiger partial charge < -0.3 is 9.73 Å². The molecular formula is C19H25ClN2O2.